The number of hydrogen-bond acceptors (Lipinski definition) is 6. The Bertz CT molecular complexity index is 1190. The SMILES string of the molecule is CC(Cc1ccc2ccccc2n1)NC(=O)[C@H](CC(=O)OC(C)(C)C)NC(=O)OCc1ccccc1. The number of aromatic nitrogens is 1. The standard InChI is InChI=1S/C28H33N3O5/c1-19(16-22-15-14-21-12-8-9-13-23(21)30-22)29-26(33)24(17-25(32)36-28(2,3)4)31-27(34)35-18-20-10-6-5-7-11-20/h5-15,19,24H,16-18H2,1-4H3,(H,29,33)(H,31,34)/t19?,24-/m0/s1. The van der Waals surface area contributed by atoms with Crippen LogP contribution in [0.15, 0.2) is 66.7 Å². The Morgan fingerprint density at radius 1 is 0.917 bits per heavy atom. The van der Waals surface area contributed by atoms with Gasteiger partial charge in [-0.25, -0.2) is 4.79 Å². The summed E-state index contributed by atoms with van der Waals surface area (Å²) in [5, 5.41) is 6.41. The molecular formula is C28H33N3O5. The molecule has 2 N–H and O–H groups in total. The second-order valence-corrected chi connectivity index (χ2v) is 9.66. The largest absolute Gasteiger partial charge is 0.460 e. The fourth-order valence-corrected chi connectivity index (χ4v) is 3.60. The molecule has 0 fully saturated rings. The highest BCUT2D eigenvalue weighted by Crippen LogP contribution is 2.13. The van der Waals surface area contributed by atoms with E-state index in [1.807, 2.05) is 73.7 Å². The topological polar surface area (TPSA) is 107 Å². The van der Waals surface area contributed by atoms with Gasteiger partial charge in [-0.2, -0.15) is 0 Å². The van der Waals surface area contributed by atoms with Crippen molar-refractivity contribution in [3.05, 3.63) is 78.0 Å². The lowest BCUT2D eigenvalue weighted by Gasteiger charge is -2.23. The van der Waals surface area contributed by atoms with Gasteiger partial charge in [0.1, 0.15) is 18.2 Å². The molecule has 0 spiro atoms. The summed E-state index contributed by atoms with van der Waals surface area (Å²) >= 11 is 0. The van der Waals surface area contributed by atoms with Crippen LogP contribution in [-0.4, -0.2) is 40.6 Å². The van der Waals surface area contributed by atoms with E-state index in [4.69, 9.17) is 9.47 Å². The van der Waals surface area contributed by atoms with Crippen molar-refractivity contribution in [2.45, 2.75) is 64.8 Å². The molecule has 1 aromatic heterocycles. The molecule has 36 heavy (non-hydrogen) atoms. The van der Waals surface area contributed by atoms with Crippen LogP contribution in [0.2, 0.25) is 0 Å². The van der Waals surface area contributed by atoms with Gasteiger partial charge in [0.2, 0.25) is 5.91 Å². The van der Waals surface area contributed by atoms with E-state index in [0.29, 0.717) is 6.42 Å². The van der Waals surface area contributed by atoms with Crippen LogP contribution in [-0.2, 0) is 32.1 Å². The molecule has 3 aromatic rings. The minimum absolute atomic E-state index is 0.0392. The molecule has 0 saturated carbocycles. The molecule has 1 unspecified atom stereocenters. The minimum atomic E-state index is -1.16. The number of nitrogens with zero attached hydrogens (tertiary/aromatic N) is 1. The van der Waals surface area contributed by atoms with Crippen molar-refractivity contribution in [1.82, 2.24) is 15.6 Å². The molecule has 2 aromatic carbocycles. The Morgan fingerprint density at radius 3 is 2.33 bits per heavy atom. The van der Waals surface area contributed by atoms with E-state index < -0.39 is 29.6 Å². The van der Waals surface area contributed by atoms with Crippen molar-refractivity contribution in [1.29, 1.82) is 0 Å². The van der Waals surface area contributed by atoms with E-state index in [1.165, 1.54) is 0 Å². The van der Waals surface area contributed by atoms with Gasteiger partial charge >= 0.3 is 12.1 Å². The number of hydrogen-bond donors (Lipinski definition) is 2. The highest BCUT2D eigenvalue weighted by Gasteiger charge is 2.28. The zero-order chi connectivity index (χ0) is 26.1. The van der Waals surface area contributed by atoms with Gasteiger partial charge in [0.25, 0.3) is 0 Å². The third kappa shape index (κ3) is 8.69. The van der Waals surface area contributed by atoms with Crippen LogP contribution >= 0.6 is 0 Å². The zero-order valence-corrected chi connectivity index (χ0v) is 21.1. The Balaban J connectivity index is 1.63. The lowest BCUT2D eigenvalue weighted by Crippen LogP contribution is -2.51. The lowest BCUT2D eigenvalue weighted by atomic mass is 10.1. The van der Waals surface area contributed by atoms with Crippen molar-refractivity contribution in [3.8, 4) is 0 Å². The van der Waals surface area contributed by atoms with Gasteiger partial charge < -0.3 is 20.1 Å². The number of amides is 2. The first-order chi connectivity index (χ1) is 17.1. The van der Waals surface area contributed by atoms with E-state index in [1.54, 1.807) is 20.8 Å². The maximum absolute atomic E-state index is 13.1. The summed E-state index contributed by atoms with van der Waals surface area (Å²) in [5.41, 5.74) is 1.78. The number of esters is 1. The Hall–Kier alpha value is -3.94. The predicted octanol–water partition coefficient (Wildman–Crippen LogP) is 4.31. The molecule has 0 aliphatic rings. The fourth-order valence-electron chi connectivity index (χ4n) is 3.60. The van der Waals surface area contributed by atoms with Gasteiger partial charge in [-0.05, 0) is 45.4 Å². The van der Waals surface area contributed by atoms with Crippen LogP contribution < -0.4 is 10.6 Å². The van der Waals surface area contributed by atoms with E-state index in [2.05, 4.69) is 15.6 Å². The van der Waals surface area contributed by atoms with Crippen LogP contribution in [0.4, 0.5) is 4.79 Å². The number of nitrogens with one attached hydrogen (secondary N) is 2. The summed E-state index contributed by atoms with van der Waals surface area (Å²) in [6.07, 6.45) is -0.648. The van der Waals surface area contributed by atoms with Gasteiger partial charge in [-0.3, -0.25) is 14.6 Å². The number of ether oxygens (including phenoxy) is 2. The molecule has 8 heteroatoms. The number of pyridine rings is 1. The van der Waals surface area contributed by atoms with Crippen molar-refractivity contribution in [2.24, 2.45) is 0 Å². The first-order valence-corrected chi connectivity index (χ1v) is 11.9. The van der Waals surface area contributed by atoms with E-state index in [-0.39, 0.29) is 19.1 Å². The predicted molar refractivity (Wildman–Crippen MR) is 137 cm³/mol. The van der Waals surface area contributed by atoms with Crippen molar-refractivity contribution < 1.29 is 23.9 Å². The molecule has 2 atom stereocenters. The van der Waals surface area contributed by atoms with Crippen LogP contribution in [0.3, 0.4) is 0 Å². The maximum atomic E-state index is 13.1. The van der Waals surface area contributed by atoms with Gasteiger partial charge in [-0.1, -0.05) is 54.6 Å². The van der Waals surface area contributed by atoms with E-state index >= 15 is 0 Å². The highest BCUT2D eigenvalue weighted by atomic mass is 16.6. The number of alkyl carbamates (subject to hydrolysis) is 1. The smallest absolute Gasteiger partial charge is 0.408 e. The summed E-state index contributed by atoms with van der Waals surface area (Å²) in [4.78, 5) is 42.6. The summed E-state index contributed by atoms with van der Waals surface area (Å²) in [7, 11) is 0. The molecule has 8 nitrogen and oxygen atoms in total. The summed E-state index contributed by atoms with van der Waals surface area (Å²) < 4.78 is 10.6. The first-order valence-electron chi connectivity index (χ1n) is 11.9. The Labute approximate surface area is 211 Å². The van der Waals surface area contributed by atoms with E-state index in [9.17, 15) is 14.4 Å². The third-order valence-electron chi connectivity index (χ3n) is 5.17. The number of carbonyl (C=O) groups excluding carboxylic acids is 3. The number of fused-ring (bicyclic) bond motifs is 1. The monoisotopic (exact) mass is 491 g/mol. The molecule has 0 aliphatic heterocycles. The summed E-state index contributed by atoms with van der Waals surface area (Å²) in [6.45, 7) is 7.09. The van der Waals surface area contributed by atoms with Crippen LogP contribution in [0, 0.1) is 0 Å². The average Bonchev–Trinajstić information content (AvgIpc) is 2.81. The molecule has 0 bridgehead atoms. The second-order valence-electron chi connectivity index (χ2n) is 9.66. The van der Waals surface area contributed by atoms with Crippen molar-refractivity contribution in [3.63, 3.8) is 0 Å². The first kappa shape index (κ1) is 26.7. The quantitative estimate of drug-likeness (QED) is 0.432. The van der Waals surface area contributed by atoms with Gasteiger partial charge in [0.15, 0.2) is 0 Å². The number of rotatable bonds is 9. The number of benzene rings is 2. The third-order valence-corrected chi connectivity index (χ3v) is 5.17. The molecule has 2 amide bonds. The van der Waals surface area contributed by atoms with E-state index in [0.717, 1.165) is 22.2 Å². The fraction of sp³-hybridized carbons (Fsp3) is 0.357. The lowest BCUT2D eigenvalue weighted by molar-refractivity contribution is -0.156. The zero-order valence-electron chi connectivity index (χ0n) is 21.1. The Morgan fingerprint density at radius 2 is 1.61 bits per heavy atom. The summed E-state index contributed by atoms with van der Waals surface area (Å²) in [6, 6.07) is 19.4. The second kappa shape index (κ2) is 12.2. The van der Waals surface area contributed by atoms with Gasteiger partial charge in [0.05, 0.1) is 11.9 Å². The molecule has 1 heterocycles. The molecule has 0 radical (unpaired) electrons. The number of carbonyl (C=O) groups is 3. The summed E-state index contributed by atoms with van der Waals surface area (Å²) in [5.74, 6) is -1.11. The maximum Gasteiger partial charge on any atom is 0.408 e. The van der Waals surface area contributed by atoms with Crippen LogP contribution in [0.25, 0.3) is 10.9 Å². The molecule has 0 aliphatic carbocycles. The molecule has 3 rings (SSSR count). The van der Waals surface area contributed by atoms with Crippen LogP contribution in [0.5, 0.6) is 0 Å². The van der Waals surface area contributed by atoms with Crippen LogP contribution in [0.1, 0.15) is 45.4 Å². The molecular weight excluding hydrogens is 458 g/mol. The minimum Gasteiger partial charge on any atom is -0.460 e. The average molecular weight is 492 g/mol. The number of para-hydroxylation sites is 1. The van der Waals surface area contributed by atoms with Crippen molar-refractivity contribution >= 4 is 28.9 Å². The van der Waals surface area contributed by atoms with Gasteiger partial charge in [0, 0.05) is 23.5 Å². The van der Waals surface area contributed by atoms with Gasteiger partial charge in [-0.15, -0.1) is 0 Å². The van der Waals surface area contributed by atoms with Crippen molar-refractivity contribution in [2.75, 3.05) is 0 Å². The highest BCUT2D eigenvalue weighted by molar-refractivity contribution is 5.89. The Kier molecular flexibility index (Phi) is 9.00. The normalized spacial score (nSPS) is 12.9. The molecule has 0 saturated heterocycles. The molecule has 190 valence electrons.